The molecule has 0 saturated carbocycles. The zero-order chi connectivity index (χ0) is 44.7. The first-order valence-electron chi connectivity index (χ1n) is 15.3. The van der Waals surface area contributed by atoms with Crippen LogP contribution in [-0.2, 0) is 23.6 Å². The van der Waals surface area contributed by atoms with Crippen LogP contribution in [0.25, 0.3) is 22.3 Å². The molecule has 0 aliphatic carbocycles. The van der Waals surface area contributed by atoms with Crippen molar-refractivity contribution in [2.45, 2.75) is 56.8 Å². The van der Waals surface area contributed by atoms with Crippen molar-refractivity contribution in [1.82, 2.24) is 0 Å². The van der Waals surface area contributed by atoms with Crippen LogP contribution in [-0.4, -0.2) is 41.0 Å². The highest BCUT2D eigenvalue weighted by atomic mass is 35.5. The van der Waals surface area contributed by atoms with Gasteiger partial charge in [0.15, 0.2) is 0 Å². The summed E-state index contributed by atoms with van der Waals surface area (Å²) in [6.45, 7) is 3.06. The highest BCUT2D eigenvalue weighted by Gasteiger charge is 2.64. The van der Waals surface area contributed by atoms with Crippen molar-refractivity contribution in [1.29, 1.82) is 0 Å². The van der Waals surface area contributed by atoms with E-state index in [1.807, 2.05) is 0 Å². The largest absolute Gasteiger partial charge is 0.477 e. The van der Waals surface area contributed by atoms with Gasteiger partial charge in [0.2, 0.25) is 0 Å². The van der Waals surface area contributed by atoms with Gasteiger partial charge in [0.1, 0.15) is 5.71 Å². The van der Waals surface area contributed by atoms with Gasteiger partial charge in [0, 0.05) is 17.5 Å². The van der Waals surface area contributed by atoms with E-state index in [1.165, 1.54) is 37.3 Å². The summed E-state index contributed by atoms with van der Waals surface area (Å²) in [5.74, 6) is -14.0. The molecule has 5 nitrogen and oxygen atoms in total. The highest BCUT2D eigenvalue weighted by molar-refractivity contribution is 6.34. The van der Waals surface area contributed by atoms with Crippen LogP contribution in [0.15, 0.2) is 65.7 Å². The number of hydrogen-bond donors (Lipinski definition) is 3. The SMILES string of the molecule is Cc1ccc(-c2cc(N)c(N)cc2Cl)c(C(F)(F)F)c1.Cc1ccc(-c2cc3c(cc2Cl)N=C(C(F)(F)C(F)(F)F)C3)c(C(F)(F)F)c1.O=C(O)C(F)(F)C(F)(F)F. The molecule has 0 unspecified atom stereocenters. The minimum Gasteiger partial charge on any atom is -0.477 e. The lowest BCUT2D eigenvalue weighted by molar-refractivity contribution is -0.277. The van der Waals surface area contributed by atoms with Gasteiger partial charge in [-0.2, -0.15) is 70.2 Å². The zero-order valence-electron chi connectivity index (χ0n) is 28.7. The smallest absolute Gasteiger partial charge is 0.465 e. The van der Waals surface area contributed by atoms with Crippen LogP contribution >= 0.6 is 23.2 Å². The summed E-state index contributed by atoms with van der Waals surface area (Å²) in [6, 6.07) is 12.3. The zero-order valence-corrected chi connectivity index (χ0v) is 30.3. The standard InChI is InChI=1S/C18H10ClF8N.C14H12ClF3N2.C3HF5O2/c1-8-2-3-10(12(4-8)17(22,23)24)11-5-9-6-15(16(20,21)18(25,26)27)28-14(9)7-13(11)19;1-7-2-3-8(10(4-7)14(16,17)18)9-5-12(19)13(20)6-11(9)15;4-2(5,1(9)10)3(6,7)8/h2-5,7H,6H2,1H3;2-6H,19-20H2,1H3;(H,9,10). The lowest BCUT2D eigenvalue weighted by Gasteiger charge is -2.19. The Bertz CT molecular complexity index is 2230. The van der Waals surface area contributed by atoms with Crippen molar-refractivity contribution in [2.24, 2.45) is 4.99 Å². The number of nitrogen functional groups attached to an aromatic ring is 2. The summed E-state index contributed by atoms with van der Waals surface area (Å²) in [7, 11) is 0. The van der Waals surface area contributed by atoms with Crippen molar-refractivity contribution in [3.63, 3.8) is 0 Å². The van der Waals surface area contributed by atoms with Gasteiger partial charge in [-0.1, -0.05) is 58.6 Å². The highest BCUT2D eigenvalue weighted by Crippen LogP contribution is 2.47. The number of fused-ring (bicyclic) bond motifs is 1. The summed E-state index contributed by atoms with van der Waals surface area (Å²) >= 11 is 12.0. The number of aliphatic imine (C=N–C) groups is 1. The molecular formula is C35H23Cl2F16N3O2. The summed E-state index contributed by atoms with van der Waals surface area (Å²) in [6.07, 6.45) is -21.9. The molecule has 0 bridgehead atoms. The van der Waals surface area contributed by atoms with Crippen molar-refractivity contribution in [3.05, 3.63) is 98.5 Å². The van der Waals surface area contributed by atoms with Gasteiger partial charge in [-0.3, -0.25) is 4.99 Å². The van der Waals surface area contributed by atoms with Gasteiger partial charge in [-0.15, -0.1) is 0 Å². The maximum atomic E-state index is 13.6. The molecule has 0 fully saturated rings. The molecule has 0 spiro atoms. The first-order chi connectivity index (χ1) is 26.1. The average Bonchev–Trinajstić information content (AvgIpc) is 3.48. The number of carboxylic acid groups (broad SMARTS) is 1. The Morgan fingerprint density at radius 1 is 0.603 bits per heavy atom. The second-order valence-corrected chi connectivity index (χ2v) is 13.0. The molecule has 5 rings (SSSR count). The fourth-order valence-electron chi connectivity index (χ4n) is 4.96. The third-order valence-electron chi connectivity index (χ3n) is 7.84. The Morgan fingerprint density at radius 3 is 1.40 bits per heavy atom. The second kappa shape index (κ2) is 16.4. The summed E-state index contributed by atoms with van der Waals surface area (Å²) in [5, 5.41) is 7.20. The molecule has 5 N–H and O–H groups in total. The molecule has 23 heteroatoms. The normalized spacial score (nSPS) is 13.5. The van der Waals surface area contributed by atoms with Crippen molar-refractivity contribution >= 4 is 51.9 Å². The van der Waals surface area contributed by atoms with E-state index in [0.29, 0.717) is 11.1 Å². The number of carbonyl (C=O) groups is 1. The first-order valence-corrected chi connectivity index (χ1v) is 16.1. The van der Waals surface area contributed by atoms with Crippen molar-refractivity contribution in [2.75, 3.05) is 11.5 Å². The third-order valence-corrected chi connectivity index (χ3v) is 8.46. The summed E-state index contributed by atoms with van der Waals surface area (Å²) < 4.78 is 200. The van der Waals surface area contributed by atoms with Gasteiger partial charge in [-0.05, 0) is 66.9 Å². The fourth-order valence-corrected chi connectivity index (χ4v) is 5.49. The Hall–Kier alpha value is -4.92. The van der Waals surface area contributed by atoms with Crippen LogP contribution in [0.3, 0.4) is 0 Å². The van der Waals surface area contributed by atoms with E-state index in [9.17, 15) is 75.0 Å². The number of hydrogen-bond acceptors (Lipinski definition) is 4. The molecule has 4 aromatic rings. The Labute approximate surface area is 325 Å². The van der Waals surface area contributed by atoms with Crippen LogP contribution in [0, 0.1) is 13.8 Å². The molecule has 0 atom stereocenters. The summed E-state index contributed by atoms with van der Waals surface area (Å²) in [5.41, 5.74) is 8.83. The van der Waals surface area contributed by atoms with Crippen LogP contribution in [0.1, 0.15) is 27.8 Å². The Morgan fingerprint density at radius 2 is 1.02 bits per heavy atom. The topological polar surface area (TPSA) is 102 Å². The molecule has 58 heavy (non-hydrogen) atoms. The lowest BCUT2D eigenvalue weighted by Crippen LogP contribution is -2.44. The number of halogens is 18. The van der Waals surface area contributed by atoms with E-state index < -0.39 is 65.8 Å². The minimum absolute atomic E-state index is 0.0141. The molecule has 1 heterocycles. The van der Waals surface area contributed by atoms with E-state index in [4.69, 9.17) is 39.8 Å². The van der Waals surface area contributed by atoms with Gasteiger partial charge >= 0.3 is 42.5 Å². The first kappa shape index (κ1) is 47.5. The molecular weight excluding hydrogens is 869 g/mol. The molecule has 0 radical (unpaired) electrons. The maximum Gasteiger partial charge on any atom is 0.465 e. The number of anilines is 2. The van der Waals surface area contributed by atoms with E-state index >= 15 is 0 Å². The van der Waals surface area contributed by atoms with E-state index in [1.54, 1.807) is 13.0 Å². The lowest BCUT2D eigenvalue weighted by atomic mass is 9.94. The van der Waals surface area contributed by atoms with Crippen LogP contribution in [0.5, 0.6) is 0 Å². The van der Waals surface area contributed by atoms with Crippen LogP contribution in [0.2, 0.25) is 10.0 Å². The number of benzene rings is 4. The predicted octanol–water partition coefficient (Wildman–Crippen LogP) is 12.9. The quantitative estimate of drug-likeness (QED) is 0.140. The predicted molar refractivity (Wildman–Crippen MR) is 183 cm³/mol. The van der Waals surface area contributed by atoms with Crippen molar-refractivity contribution < 1.29 is 80.1 Å². The van der Waals surface area contributed by atoms with Gasteiger partial charge in [0.05, 0.1) is 38.2 Å². The minimum atomic E-state index is -6.02. The number of carboxylic acids is 1. The Balaban J connectivity index is 0.000000261. The van der Waals surface area contributed by atoms with Gasteiger partial charge in [0.25, 0.3) is 0 Å². The molecule has 0 aromatic heterocycles. The van der Waals surface area contributed by atoms with E-state index in [-0.39, 0.29) is 54.9 Å². The van der Waals surface area contributed by atoms with Crippen LogP contribution in [0.4, 0.5) is 87.3 Å². The summed E-state index contributed by atoms with van der Waals surface area (Å²) in [4.78, 5) is 12.5. The number of aryl methyl sites for hydroxylation is 2. The van der Waals surface area contributed by atoms with Gasteiger partial charge in [-0.25, -0.2) is 4.79 Å². The molecule has 1 aliphatic heterocycles. The molecule has 0 amide bonds. The molecule has 4 aromatic carbocycles. The Kier molecular flexibility index (Phi) is 13.4. The molecule has 0 saturated heterocycles. The fraction of sp³-hybridized carbons (Fsp3) is 0.257. The average molecular weight is 892 g/mol. The van der Waals surface area contributed by atoms with Crippen LogP contribution < -0.4 is 11.5 Å². The number of aliphatic carboxylic acids is 1. The van der Waals surface area contributed by atoms with Crippen molar-refractivity contribution in [3.8, 4) is 22.3 Å². The number of alkyl halides is 16. The van der Waals surface area contributed by atoms with E-state index in [2.05, 4.69) is 4.99 Å². The molecule has 1 aliphatic rings. The third kappa shape index (κ3) is 10.4. The maximum absolute atomic E-state index is 13.6. The number of nitrogens with zero attached hydrogens (tertiary/aromatic N) is 1. The van der Waals surface area contributed by atoms with E-state index in [0.717, 1.165) is 24.3 Å². The number of rotatable bonds is 4. The van der Waals surface area contributed by atoms with Gasteiger partial charge < -0.3 is 16.6 Å². The number of nitrogens with two attached hydrogens (primary N) is 2. The monoisotopic (exact) mass is 891 g/mol. The second-order valence-electron chi connectivity index (χ2n) is 12.2. The molecule has 316 valence electrons.